The van der Waals surface area contributed by atoms with Crippen molar-refractivity contribution in [2.24, 2.45) is 0 Å². The summed E-state index contributed by atoms with van der Waals surface area (Å²) in [5.41, 5.74) is 0.856. The first-order valence-electron chi connectivity index (χ1n) is 4.54. The second kappa shape index (κ2) is 4.77. The standard InChI is InChI=1S/C11H15NO2/c1-9(13)12(10(2)14-3)11-7-5-4-6-8-11/h4-8,10H,1-3H3. The Morgan fingerprint density at radius 3 is 2.36 bits per heavy atom. The van der Waals surface area contributed by atoms with Crippen LogP contribution in [0.1, 0.15) is 13.8 Å². The Labute approximate surface area is 84.3 Å². The monoisotopic (exact) mass is 193 g/mol. The molecule has 0 radical (unpaired) electrons. The van der Waals surface area contributed by atoms with Gasteiger partial charge in [0.2, 0.25) is 5.91 Å². The predicted octanol–water partition coefficient (Wildman–Crippen LogP) is 2.03. The number of nitrogens with zero attached hydrogens (tertiary/aromatic N) is 1. The van der Waals surface area contributed by atoms with E-state index in [4.69, 9.17) is 4.74 Å². The highest BCUT2D eigenvalue weighted by Gasteiger charge is 2.17. The minimum Gasteiger partial charge on any atom is -0.361 e. The molecular formula is C11H15NO2. The van der Waals surface area contributed by atoms with Crippen molar-refractivity contribution in [3.63, 3.8) is 0 Å². The summed E-state index contributed by atoms with van der Waals surface area (Å²) < 4.78 is 5.13. The Balaban J connectivity index is 2.95. The zero-order valence-corrected chi connectivity index (χ0v) is 8.73. The maximum atomic E-state index is 11.4. The van der Waals surface area contributed by atoms with Gasteiger partial charge in [0.25, 0.3) is 0 Å². The summed E-state index contributed by atoms with van der Waals surface area (Å²) >= 11 is 0. The molecule has 0 N–H and O–H groups in total. The van der Waals surface area contributed by atoms with Gasteiger partial charge in [0.05, 0.1) is 0 Å². The van der Waals surface area contributed by atoms with Crippen molar-refractivity contribution in [2.45, 2.75) is 20.1 Å². The van der Waals surface area contributed by atoms with Crippen molar-refractivity contribution < 1.29 is 9.53 Å². The fraction of sp³-hybridized carbons (Fsp3) is 0.364. The Morgan fingerprint density at radius 1 is 1.36 bits per heavy atom. The van der Waals surface area contributed by atoms with Crippen LogP contribution in [0.4, 0.5) is 5.69 Å². The predicted molar refractivity (Wildman–Crippen MR) is 56.1 cm³/mol. The van der Waals surface area contributed by atoms with Gasteiger partial charge >= 0.3 is 0 Å². The molecule has 1 unspecified atom stereocenters. The topological polar surface area (TPSA) is 29.5 Å². The number of ether oxygens (including phenoxy) is 1. The molecule has 0 saturated heterocycles. The van der Waals surface area contributed by atoms with Gasteiger partial charge in [-0.15, -0.1) is 0 Å². The van der Waals surface area contributed by atoms with Gasteiger partial charge in [-0.1, -0.05) is 18.2 Å². The third-order valence-electron chi connectivity index (χ3n) is 2.08. The van der Waals surface area contributed by atoms with Crippen LogP contribution in [0.2, 0.25) is 0 Å². The van der Waals surface area contributed by atoms with Crippen molar-refractivity contribution in [1.82, 2.24) is 0 Å². The van der Waals surface area contributed by atoms with Crippen LogP contribution in [-0.2, 0) is 9.53 Å². The summed E-state index contributed by atoms with van der Waals surface area (Å²) in [5, 5.41) is 0. The van der Waals surface area contributed by atoms with Crippen molar-refractivity contribution in [2.75, 3.05) is 12.0 Å². The summed E-state index contributed by atoms with van der Waals surface area (Å²) in [7, 11) is 1.59. The fourth-order valence-corrected chi connectivity index (χ4v) is 1.34. The molecule has 3 heteroatoms. The van der Waals surface area contributed by atoms with Crippen LogP contribution in [0.25, 0.3) is 0 Å². The summed E-state index contributed by atoms with van der Waals surface area (Å²) in [5.74, 6) is -0.0226. The zero-order chi connectivity index (χ0) is 10.6. The highest BCUT2D eigenvalue weighted by atomic mass is 16.5. The number of para-hydroxylation sites is 1. The molecule has 1 aromatic rings. The van der Waals surface area contributed by atoms with E-state index in [1.54, 1.807) is 12.0 Å². The van der Waals surface area contributed by atoms with Crippen molar-refractivity contribution in [1.29, 1.82) is 0 Å². The van der Waals surface area contributed by atoms with E-state index in [9.17, 15) is 4.79 Å². The van der Waals surface area contributed by atoms with E-state index in [-0.39, 0.29) is 12.1 Å². The molecule has 0 aliphatic carbocycles. The lowest BCUT2D eigenvalue weighted by Gasteiger charge is -2.26. The Kier molecular flexibility index (Phi) is 3.65. The summed E-state index contributed by atoms with van der Waals surface area (Å²) in [6.07, 6.45) is -0.241. The van der Waals surface area contributed by atoms with Gasteiger partial charge in [-0.05, 0) is 19.1 Å². The van der Waals surface area contributed by atoms with Crippen LogP contribution in [0.5, 0.6) is 0 Å². The number of anilines is 1. The van der Waals surface area contributed by atoms with Crippen LogP contribution < -0.4 is 4.90 Å². The average molecular weight is 193 g/mol. The molecular weight excluding hydrogens is 178 g/mol. The molecule has 0 spiro atoms. The van der Waals surface area contributed by atoms with E-state index >= 15 is 0 Å². The number of carbonyl (C=O) groups is 1. The Morgan fingerprint density at radius 2 is 1.93 bits per heavy atom. The van der Waals surface area contributed by atoms with E-state index in [0.29, 0.717) is 0 Å². The second-order valence-electron chi connectivity index (χ2n) is 3.06. The van der Waals surface area contributed by atoms with E-state index in [2.05, 4.69) is 0 Å². The Hall–Kier alpha value is -1.35. The number of carbonyl (C=O) groups excluding carboxylic acids is 1. The lowest BCUT2D eigenvalue weighted by atomic mass is 10.3. The molecule has 1 atom stereocenters. The molecule has 0 aliphatic rings. The van der Waals surface area contributed by atoms with Crippen molar-refractivity contribution >= 4 is 11.6 Å². The molecule has 76 valence electrons. The minimum absolute atomic E-state index is 0.0226. The van der Waals surface area contributed by atoms with Gasteiger partial charge in [-0.25, -0.2) is 0 Å². The average Bonchev–Trinajstić information content (AvgIpc) is 2.19. The smallest absolute Gasteiger partial charge is 0.225 e. The molecule has 0 heterocycles. The van der Waals surface area contributed by atoms with Crippen molar-refractivity contribution in [3.8, 4) is 0 Å². The lowest BCUT2D eigenvalue weighted by Crippen LogP contribution is -2.38. The molecule has 3 nitrogen and oxygen atoms in total. The van der Waals surface area contributed by atoms with E-state index in [1.165, 1.54) is 6.92 Å². The van der Waals surface area contributed by atoms with Crippen LogP contribution in [-0.4, -0.2) is 19.2 Å². The molecule has 0 aromatic heterocycles. The molecule has 0 saturated carbocycles. The normalized spacial score (nSPS) is 12.2. The van der Waals surface area contributed by atoms with Gasteiger partial charge in [0.1, 0.15) is 6.23 Å². The van der Waals surface area contributed by atoms with E-state index in [0.717, 1.165) is 5.69 Å². The quantitative estimate of drug-likeness (QED) is 0.687. The van der Waals surface area contributed by atoms with Crippen molar-refractivity contribution in [3.05, 3.63) is 30.3 Å². The number of methoxy groups -OCH3 is 1. The summed E-state index contributed by atoms with van der Waals surface area (Å²) in [4.78, 5) is 13.0. The number of benzene rings is 1. The molecule has 0 bridgehead atoms. The fourth-order valence-electron chi connectivity index (χ4n) is 1.34. The van der Waals surface area contributed by atoms with Gasteiger partial charge < -0.3 is 4.74 Å². The number of hydrogen-bond donors (Lipinski definition) is 0. The van der Waals surface area contributed by atoms with Crippen LogP contribution in [0.15, 0.2) is 30.3 Å². The SMILES string of the molecule is COC(C)N(C(C)=O)c1ccccc1. The maximum absolute atomic E-state index is 11.4. The highest BCUT2D eigenvalue weighted by molar-refractivity contribution is 5.91. The second-order valence-corrected chi connectivity index (χ2v) is 3.06. The first-order chi connectivity index (χ1) is 6.66. The minimum atomic E-state index is -0.241. The van der Waals surface area contributed by atoms with Crippen LogP contribution >= 0.6 is 0 Å². The largest absolute Gasteiger partial charge is 0.361 e. The van der Waals surface area contributed by atoms with Gasteiger partial charge in [-0.2, -0.15) is 0 Å². The number of rotatable bonds is 3. The highest BCUT2D eigenvalue weighted by Crippen LogP contribution is 2.16. The molecule has 0 fully saturated rings. The third-order valence-corrected chi connectivity index (χ3v) is 2.08. The first kappa shape index (κ1) is 10.7. The number of amides is 1. The van der Waals surface area contributed by atoms with Gasteiger partial charge in [-0.3, -0.25) is 9.69 Å². The molecule has 1 rings (SSSR count). The molecule has 14 heavy (non-hydrogen) atoms. The van der Waals surface area contributed by atoms with E-state index in [1.807, 2.05) is 37.3 Å². The Bertz CT molecular complexity index is 297. The molecule has 1 amide bonds. The summed E-state index contributed by atoms with van der Waals surface area (Å²) in [6, 6.07) is 9.48. The zero-order valence-electron chi connectivity index (χ0n) is 8.73. The van der Waals surface area contributed by atoms with Crippen LogP contribution in [0.3, 0.4) is 0 Å². The van der Waals surface area contributed by atoms with Gasteiger partial charge in [0, 0.05) is 19.7 Å². The molecule has 0 aliphatic heterocycles. The number of hydrogen-bond acceptors (Lipinski definition) is 2. The maximum Gasteiger partial charge on any atom is 0.225 e. The lowest BCUT2D eigenvalue weighted by molar-refractivity contribution is -0.118. The van der Waals surface area contributed by atoms with Crippen LogP contribution in [0, 0.1) is 0 Å². The third kappa shape index (κ3) is 2.33. The van der Waals surface area contributed by atoms with Gasteiger partial charge in [0.15, 0.2) is 0 Å². The van der Waals surface area contributed by atoms with E-state index < -0.39 is 0 Å². The first-order valence-corrected chi connectivity index (χ1v) is 4.54. The summed E-state index contributed by atoms with van der Waals surface area (Å²) in [6.45, 7) is 3.37. The molecule has 1 aromatic carbocycles.